The van der Waals surface area contributed by atoms with Gasteiger partial charge in [0.2, 0.25) is 0 Å². The molecule has 1 aromatic carbocycles. The molecule has 1 atom stereocenters. The second-order valence-corrected chi connectivity index (χ2v) is 7.08. The van der Waals surface area contributed by atoms with Crippen molar-refractivity contribution in [3.05, 3.63) is 41.3 Å². The molecule has 1 aliphatic rings. The first kappa shape index (κ1) is 17.0. The highest BCUT2D eigenvalue weighted by Crippen LogP contribution is 2.36. The molecule has 1 aromatic heterocycles. The molecule has 0 spiro atoms. The predicted octanol–water partition coefficient (Wildman–Crippen LogP) is 3.54. The zero-order valence-electron chi connectivity index (χ0n) is 14.0. The SMILES string of the molecule is CCOc1cc(-c2ccccc2)sc1C(=O)NCC1CCCNC1. The Bertz CT molecular complexity index is 663. The highest BCUT2D eigenvalue weighted by Gasteiger charge is 2.20. The lowest BCUT2D eigenvalue weighted by Crippen LogP contribution is -2.38. The second kappa shape index (κ2) is 8.31. The van der Waals surface area contributed by atoms with E-state index in [1.165, 1.54) is 24.2 Å². The van der Waals surface area contributed by atoms with Crippen LogP contribution in [0.25, 0.3) is 10.4 Å². The first-order valence-corrected chi connectivity index (χ1v) is 9.40. The Morgan fingerprint density at radius 3 is 2.92 bits per heavy atom. The molecule has 0 radical (unpaired) electrons. The molecule has 1 fully saturated rings. The number of rotatable bonds is 6. The van der Waals surface area contributed by atoms with Crippen molar-refractivity contribution in [1.82, 2.24) is 10.6 Å². The van der Waals surface area contributed by atoms with Gasteiger partial charge in [0.1, 0.15) is 10.6 Å². The van der Waals surface area contributed by atoms with Gasteiger partial charge in [-0.05, 0) is 50.4 Å². The van der Waals surface area contributed by atoms with Gasteiger partial charge in [0.25, 0.3) is 5.91 Å². The molecular weight excluding hydrogens is 320 g/mol. The first-order chi connectivity index (χ1) is 11.8. The molecule has 2 aromatic rings. The van der Waals surface area contributed by atoms with Gasteiger partial charge in [-0.25, -0.2) is 0 Å². The van der Waals surface area contributed by atoms with Crippen LogP contribution in [0.1, 0.15) is 29.4 Å². The van der Waals surface area contributed by atoms with Crippen molar-refractivity contribution < 1.29 is 9.53 Å². The topological polar surface area (TPSA) is 50.4 Å². The van der Waals surface area contributed by atoms with Gasteiger partial charge < -0.3 is 15.4 Å². The lowest BCUT2D eigenvalue weighted by Gasteiger charge is -2.22. The van der Waals surface area contributed by atoms with Gasteiger partial charge in [0.15, 0.2) is 0 Å². The number of carbonyl (C=O) groups is 1. The number of benzene rings is 1. The number of thiophene rings is 1. The summed E-state index contributed by atoms with van der Waals surface area (Å²) < 4.78 is 5.69. The average molecular weight is 344 g/mol. The van der Waals surface area contributed by atoms with Crippen LogP contribution >= 0.6 is 11.3 Å². The largest absolute Gasteiger partial charge is 0.492 e. The average Bonchev–Trinajstić information content (AvgIpc) is 3.06. The molecule has 1 aliphatic heterocycles. The maximum Gasteiger partial charge on any atom is 0.265 e. The van der Waals surface area contributed by atoms with Gasteiger partial charge in [-0.3, -0.25) is 4.79 Å². The van der Waals surface area contributed by atoms with E-state index in [0.29, 0.717) is 23.2 Å². The molecule has 128 valence electrons. The summed E-state index contributed by atoms with van der Waals surface area (Å²) in [6.07, 6.45) is 2.35. The molecule has 5 heteroatoms. The van der Waals surface area contributed by atoms with E-state index < -0.39 is 0 Å². The van der Waals surface area contributed by atoms with Crippen LogP contribution in [-0.4, -0.2) is 32.1 Å². The van der Waals surface area contributed by atoms with Crippen molar-refractivity contribution in [2.45, 2.75) is 19.8 Å². The van der Waals surface area contributed by atoms with Crippen molar-refractivity contribution in [1.29, 1.82) is 0 Å². The summed E-state index contributed by atoms with van der Waals surface area (Å²) in [6, 6.07) is 12.1. The van der Waals surface area contributed by atoms with Gasteiger partial charge in [-0.2, -0.15) is 0 Å². The van der Waals surface area contributed by atoms with E-state index in [1.54, 1.807) is 0 Å². The lowest BCUT2D eigenvalue weighted by atomic mass is 10.00. The lowest BCUT2D eigenvalue weighted by molar-refractivity contribution is 0.0945. The number of hydrogen-bond donors (Lipinski definition) is 2. The maximum atomic E-state index is 12.6. The molecule has 0 bridgehead atoms. The summed E-state index contributed by atoms with van der Waals surface area (Å²) in [7, 11) is 0. The standard InChI is InChI=1S/C19H24N2O2S/c1-2-23-16-11-17(15-8-4-3-5-9-15)24-18(16)19(22)21-13-14-7-6-10-20-12-14/h3-5,8-9,11,14,20H,2,6-7,10,12-13H2,1H3,(H,21,22). The number of ether oxygens (including phenoxy) is 1. The Balaban J connectivity index is 1.72. The Kier molecular flexibility index (Phi) is 5.88. The normalized spacial score (nSPS) is 17.5. The third kappa shape index (κ3) is 4.16. The van der Waals surface area contributed by atoms with Gasteiger partial charge in [0, 0.05) is 11.4 Å². The molecule has 24 heavy (non-hydrogen) atoms. The Labute approximate surface area is 147 Å². The van der Waals surface area contributed by atoms with E-state index in [-0.39, 0.29) is 5.91 Å². The summed E-state index contributed by atoms with van der Waals surface area (Å²) >= 11 is 1.49. The van der Waals surface area contributed by atoms with Gasteiger partial charge in [0.05, 0.1) is 6.61 Å². The Morgan fingerprint density at radius 2 is 2.21 bits per heavy atom. The molecular formula is C19H24N2O2S. The van der Waals surface area contributed by atoms with Crippen molar-refractivity contribution in [2.75, 3.05) is 26.2 Å². The zero-order valence-corrected chi connectivity index (χ0v) is 14.8. The van der Waals surface area contributed by atoms with E-state index in [0.717, 1.165) is 30.1 Å². The molecule has 1 saturated heterocycles. The molecule has 2 heterocycles. The Morgan fingerprint density at radius 1 is 1.38 bits per heavy atom. The van der Waals surface area contributed by atoms with E-state index >= 15 is 0 Å². The smallest absolute Gasteiger partial charge is 0.265 e. The third-order valence-electron chi connectivity index (χ3n) is 4.21. The Hall–Kier alpha value is -1.85. The van der Waals surface area contributed by atoms with Gasteiger partial charge in [-0.15, -0.1) is 11.3 Å². The van der Waals surface area contributed by atoms with Crippen LogP contribution < -0.4 is 15.4 Å². The number of piperidine rings is 1. The highest BCUT2D eigenvalue weighted by atomic mass is 32.1. The molecule has 1 amide bonds. The number of carbonyl (C=O) groups excluding carboxylic acids is 1. The number of nitrogens with one attached hydrogen (secondary N) is 2. The van der Waals surface area contributed by atoms with E-state index in [1.807, 2.05) is 31.2 Å². The summed E-state index contributed by atoms with van der Waals surface area (Å²) in [5.74, 6) is 1.17. The molecule has 4 nitrogen and oxygen atoms in total. The van der Waals surface area contributed by atoms with Crippen LogP contribution in [-0.2, 0) is 0 Å². The third-order valence-corrected chi connectivity index (χ3v) is 5.38. The van der Waals surface area contributed by atoms with E-state index in [4.69, 9.17) is 4.74 Å². The molecule has 1 unspecified atom stereocenters. The molecule has 0 aliphatic carbocycles. The van der Waals surface area contributed by atoms with Crippen molar-refractivity contribution in [3.63, 3.8) is 0 Å². The van der Waals surface area contributed by atoms with Gasteiger partial charge in [-0.1, -0.05) is 30.3 Å². The highest BCUT2D eigenvalue weighted by molar-refractivity contribution is 7.17. The minimum atomic E-state index is -0.0313. The van der Waals surface area contributed by atoms with Crippen LogP contribution in [0.5, 0.6) is 5.75 Å². The summed E-state index contributed by atoms with van der Waals surface area (Å²) in [5, 5.41) is 6.47. The number of hydrogen-bond acceptors (Lipinski definition) is 4. The fourth-order valence-electron chi connectivity index (χ4n) is 2.96. The van der Waals surface area contributed by atoms with Crippen molar-refractivity contribution >= 4 is 17.2 Å². The van der Waals surface area contributed by atoms with Crippen molar-refractivity contribution in [2.24, 2.45) is 5.92 Å². The van der Waals surface area contributed by atoms with E-state index in [2.05, 4.69) is 22.8 Å². The van der Waals surface area contributed by atoms with Crippen LogP contribution in [0, 0.1) is 5.92 Å². The second-order valence-electron chi connectivity index (χ2n) is 6.03. The zero-order chi connectivity index (χ0) is 16.8. The minimum absolute atomic E-state index is 0.0313. The fourth-order valence-corrected chi connectivity index (χ4v) is 3.98. The monoisotopic (exact) mass is 344 g/mol. The van der Waals surface area contributed by atoms with Crippen LogP contribution in [0.4, 0.5) is 0 Å². The van der Waals surface area contributed by atoms with Gasteiger partial charge >= 0.3 is 0 Å². The first-order valence-electron chi connectivity index (χ1n) is 8.59. The predicted molar refractivity (Wildman–Crippen MR) is 98.9 cm³/mol. The van der Waals surface area contributed by atoms with Crippen molar-refractivity contribution in [3.8, 4) is 16.2 Å². The quantitative estimate of drug-likeness (QED) is 0.843. The van der Waals surface area contributed by atoms with Crippen LogP contribution in [0.2, 0.25) is 0 Å². The van der Waals surface area contributed by atoms with Crippen LogP contribution in [0.3, 0.4) is 0 Å². The summed E-state index contributed by atoms with van der Waals surface area (Å²) in [6.45, 7) is 5.28. The minimum Gasteiger partial charge on any atom is -0.492 e. The molecule has 2 N–H and O–H groups in total. The summed E-state index contributed by atoms with van der Waals surface area (Å²) in [5.41, 5.74) is 1.11. The van der Waals surface area contributed by atoms with Crippen LogP contribution in [0.15, 0.2) is 36.4 Å². The molecule has 3 rings (SSSR count). The molecule has 0 saturated carbocycles. The maximum absolute atomic E-state index is 12.6. The van der Waals surface area contributed by atoms with E-state index in [9.17, 15) is 4.79 Å². The summed E-state index contributed by atoms with van der Waals surface area (Å²) in [4.78, 5) is 14.4. The number of amides is 1. The fraction of sp³-hybridized carbons (Fsp3) is 0.421.